The van der Waals surface area contributed by atoms with Crippen LogP contribution in [0.3, 0.4) is 0 Å². The van der Waals surface area contributed by atoms with E-state index in [2.05, 4.69) is 10.2 Å². The Labute approximate surface area is 139 Å². The Hall–Kier alpha value is -3.02. The van der Waals surface area contributed by atoms with E-state index >= 15 is 0 Å². The first kappa shape index (κ1) is 17.3. The van der Waals surface area contributed by atoms with Crippen LogP contribution in [0.15, 0.2) is 63.6 Å². The molecule has 6 nitrogen and oxygen atoms in total. The van der Waals surface area contributed by atoms with E-state index in [1.807, 2.05) is 19.1 Å². The zero-order valence-corrected chi connectivity index (χ0v) is 13.6. The monoisotopic (exact) mass is 326 g/mol. The molecule has 0 aliphatic carbocycles. The predicted octanol–water partition coefficient (Wildman–Crippen LogP) is 4.18. The van der Waals surface area contributed by atoms with Crippen molar-refractivity contribution in [3.63, 3.8) is 0 Å². The number of esters is 1. The summed E-state index contributed by atoms with van der Waals surface area (Å²) in [6, 6.07) is 13.0. The Morgan fingerprint density at radius 1 is 0.958 bits per heavy atom. The molecule has 0 fully saturated rings. The van der Waals surface area contributed by atoms with Crippen LogP contribution >= 0.6 is 0 Å². The summed E-state index contributed by atoms with van der Waals surface area (Å²) in [5.74, 6) is 0.192. The van der Waals surface area contributed by atoms with E-state index in [4.69, 9.17) is 9.47 Å². The third kappa shape index (κ3) is 5.31. The van der Waals surface area contributed by atoms with Gasteiger partial charge in [-0.3, -0.25) is 9.59 Å². The fourth-order valence-electron chi connectivity index (χ4n) is 1.79. The quantitative estimate of drug-likeness (QED) is 0.589. The van der Waals surface area contributed by atoms with Gasteiger partial charge in [0.1, 0.15) is 5.75 Å². The van der Waals surface area contributed by atoms with Gasteiger partial charge in [0.2, 0.25) is 5.43 Å². The number of hydrogen-bond donors (Lipinski definition) is 0. The fraction of sp³-hybridized carbons (Fsp3) is 0.222. The van der Waals surface area contributed by atoms with Gasteiger partial charge < -0.3 is 9.47 Å². The topological polar surface area (TPSA) is 77.3 Å². The largest absolute Gasteiger partial charge is 0.494 e. The van der Waals surface area contributed by atoms with Gasteiger partial charge >= 0.3 is 5.97 Å². The Bertz CT molecular complexity index is 786. The summed E-state index contributed by atoms with van der Waals surface area (Å²) in [6.07, 6.45) is 0.948. The molecule has 0 aliphatic heterocycles. The molecule has 0 heterocycles. The lowest BCUT2D eigenvalue weighted by molar-refractivity contribution is -0.131. The Kier molecular flexibility index (Phi) is 6.19. The van der Waals surface area contributed by atoms with Crippen molar-refractivity contribution in [2.45, 2.75) is 20.3 Å². The number of ether oxygens (including phenoxy) is 2. The van der Waals surface area contributed by atoms with Crippen LogP contribution in [-0.4, -0.2) is 12.6 Å². The van der Waals surface area contributed by atoms with Crippen molar-refractivity contribution in [1.29, 1.82) is 0 Å². The van der Waals surface area contributed by atoms with Crippen LogP contribution in [0, 0.1) is 0 Å². The number of benzene rings is 1. The zero-order valence-electron chi connectivity index (χ0n) is 13.6. The molecule has 2 aromatic carbocycles. The summed E-state index contributed by atoms with van der Waals surface area (Å²) in [6.45, 7) is 3.95. The number of azo groups is 1. The van der Waals surface area contributed by atoms with E-state index in [9.17, 15) is 9.59 Å². The van der Waals surface area contributed by atoms with Crippen molar-refractivity contribution < 1.29 is 14.3 Å². The highest BCUT2D eigenvalue weighted by Gasteiger charge is 2.02. The van der Waals surface area contributed by atoms with Crippen molar-refractivity contribution in [3.8, 4) is 11.5 Å². The Balaban J connectivity index is 2.12. The van der Waals surface area contributed by atoms with Gasteiger partial charge in [-0.25, -0.2) is 0 Å². The predicted molar refractivity (Wildman–Crippen MR) is 90.4 cm³/mol. The van der Waals surface area contributed by atoms with E-state index in [1.165, 1.54) is 25.1 Å². The van der Waals surface area contributed by atoms with Crippen molar-refractivity contribution in [2.24, 2.45) is 10.2 Å². The molecule has 0 spiro atoms. The first-order valence-corrected chi connectivity index (χ1v) is 7.56. The molecule has 0 radical (unpaired) electrons. The Morgan fingerprint density at radius 2 is 1.54 bits per heavy atom. The minimum atomic E-state index is -0.549. The van der Waals surface area contributed by atoms with Crippen LogP contribution in [0.2, 0.25) is 0 Å². The molecule has 6 heteroatoms. The minimum Gasteiger partial charge on any atom is -0.494 e. The van der Waals surface area contributed by atoms with Gasteiger partial charge in [-0.1, -0.05) is 6.92 Å². The molecule has 2 aromatic rings. The zero-order chi connectivity index (χ0) is 17.4. The third-order valence-electron chi connectivity index (χ3n) is 2.90. The van der Waals surface area contributed by atoms with Gasteiger partial charge in [-0.2, -0.15) is 10.2 Å². The molecule has 0 saturated carbocycles. The van der Waals surface area contributed by atoms with E-state index in [1.54, 1.807) is 18.2 Å². The fourth-order valence-corrected chi connectivity index (χ4v) is 1.79. The highest BCUT2D eigenvalue weighted by Crippen LogP contribution is 2.21. The smallest absolute Gasteiger partial charge is 0.308 e. The van der Waals surface area contributed by atoms with Crippen LogP contribution in [0.1, 0.15) is 20.3 Å². The van der Waals surface area contributed by atoms with Gasteiger partial charge in [-0.05, 0) is 55.0 Å². The average Bonchev–Trinajstić information content (AvgIpc) is 2.74. The van der Waals surface area contributed by atoms with Gasteiger partial charge in [0.05, 0.1) is 18.0 Å². The number of hydrogen-bond acceptors (Lipinski definition) is 6. The van der Waals surface area contributed by atoms with Crippen molar-refractivity contribution in [3.05, 3.63) is 58.8 Å². The van der Waals surface area contributed by atoms with Crippen LogP contribution in [0.4, 0.5) is 11.4 Å². The number of carbonyl (C=O) groups is 1. The SMILES string of the molecule is CCCOc1ccc(N=Nc2ccc(OC(C)=O)c(=O)cc2)cc1. The number of nitrogens with zero attached hydrogens (tertiary/aromatic N) is 2. The lowest BCUT2D eigenvalue weighted by atomic mass is 10.3. The van der Waals surface area contributed by atoms with Crippen LogP contribution < -0.4 is 14.9 Å². The van der Waals surface area contributed by atoms with Gasteiger partial charge in [0.25, 0.3) is 0 Å². The lowest BCUT2D eigenvalue weighted by Crippen LogP contribution is -2.08. The summed E-state index contributed by atoms with van der Waals surface area (Å²) < 4.78 is 10.3. The Morgan fingerprint density at radius 3 is 2.12 bits per heavy atom. The molecule has 24 heavy (non-hydrogen) atoms. The van der Waals surface area contributed by atoms with Gasteiger partial charge in [0, 0.05) is 6.92 Å². The molecule has 0 atom stereocenters. The van der Waals surface area contributed by atoms with Gasteiger partial charge in [0.15, 0.2) is 5.75 Å². The molecular weight excluding hydrogens is 308 g/mol. The number of carbonyl (C=O) groups excluding carboxylic acids is 1. The average molecular weight is 326 g/mol. The highest BCUT2D eigenvalue weighted by molar-refractivity contribution is 5.69. The van der Waals surface area contributed by atoms with Crippen molar-refractivity contribution >= 4 is 17.3 Å². The second kappa shape index (κ2) is 8.57. The molecule has 0 bridgehead atoms. The van der Waals surface area contributed by atoms with E-state index in [0.717, 1.165) is 12.2 Å². The molecular formula is C18H18N2O4. The molecule has 124 valence electrons. The highest BCUT2D eigenvalue weighted by atomic mass is 16.5. The number of rotatable bonds is 6. The maximum absolute atomic E-state index is 11.7. The normalized spacial score (nSPS) is 10.6. The lowest BCUT2D eigenvalue weighted by Gasteiger charge is -2.03. The van der Waals surface area contributed by atoms with E-state index < -0.39 is 11.4 Å². The standard InChI is InChI=1S/C18H18N2O4/c1-3-12-23-16-8-4-14(5-9-16)19-20-15-6-10-17(22)18(11-7-15)24-13(2)21/h4-11H,3,12H2,1-2H3. The summed E-state index contributed by atoms with van der Waals surface area (Å²) in [7, 11) is 0. The van der Waals surface area contributed by atoms with Crippen LogP contribution in [-0.2, 0) is 4.79 Å². The molecule has 0 aromatic heterocycles. The first-order valence-electron chi connectivity index (χ1n) is 7.56. The van der Waals surface area contributed by atoms with E-state index in [-0.39, 0.29) is 5.75 Å². The molecule has 2 rings (SSSR count). The molecule has 0 N–H and O–H groups in total. The van der Waals surface area contributed by atoms with E-state index in [0.29, 0.717) is 18.0 Å². The van der Waals surface area contributed by atoms with Crippen LogP contribution in [0.5, 0.6) is 11.5 Å². The first-order chi connectivity index (χ1) is 11.6. The molecule has 0 aliphatic rings. The minimum absolute atomic E-state index is 0.0404. The second-order valence-corrected chi connectivity index (χ2v) is 4.96. The second-order valence-electron chi connectivity index (χ2n) is 4.96. The van der Waals surface area contributed by atoms with Crippen LogP contribution in [0.25, 0.3) is 0 Å². The maximum atomic E-state index is 11.7. The molecule has 0 unspecified atom stereocenters. The molecule has 0 saturated heterocycles. The maximum Gasteiger partial charge on any atom is 0.308 e. The molecule has 0 amide bonds. The van der Waals surface area contributed by atoms with Gasteiger partial charge in [-0.15, -0.1) is 0 Å². The third-order valence-corrected chi connectivity index (χ3v) is 2.90. The summed E-state index contributed by atoms with van der Waals surface area (Å²) in [5.41, 5.74) is 0.730. The summed E-state index contributed by atoms with van der Waals surface area (Å²) in [4.78, 5) is 22.7. The summed E-state index contributed by atoms with van der Waals surface area (Å²) in [5, 5.41) is 8.18. The summed E-state index contributed by atoms with van der Waals surface area (Å²) >= 11 is 0. The van der Waals surface area contributed by atoms with Crippen molar-refractivity contribution in [2.75, 3.05) is 6.61 Å². The van der Waals surface area contributed by atoms with Crippen molar-refractivity contribution in [1.82, 2.24) is 0 Å².